The van der Waals surface area contributed by atoms with Crippen LogP contribution in [-0.4, -0.2) is 68.1 Å². The Bertz CT molecular complexity index is 1800. The van der Waals surface area contributed by atoms with Gasteiger partial charge in [0, 0.05) is 29.6 Å². The number of nitrogens with one attached hydrogen (secondary N) is 1. The molecular weight excluding hydrogens is 703 g/mol. The number of aryl methyl sites for hydroxylation is 1. The van der Waals surface area contributed by atoms with Gasteiger partial charge < -0.3 is 34.3 Å². The fourth-order valence-corrected chi connectivity index (χ4v) is 6.96. The lowest BCUT2D eigenvalue weighted by Crippen LogP contribution is -2.51. The first-order valence-electron chi connectivity index (χ1n) is 16.1. The molecule has 4 aromatic carbocycles. The van der Waals surface area contributed by atoms with Crippen LogP contribution in [0.15, 0.2) is 72.8 Å². The van der Waals surface area contributed by atoms with E-state index in [0.29, 0.717) is 52.2 Å². The molecule has 9 nitrogen and oxygen atoms in total. The second-order valence-electron chi connectivity index (χ2n) is 12.0. The molecule has 0 aliphatic carbocycles. The number of nitrogens with zero attached hydrogens (tertiary/aromatic N) is 1. The maximum Gasteiger partial charge on any atom is 0.253 e. The van der Waals surface area contributed by atoms with Crippen molar-refractivity contribution in [3.63, 3.8) is 0 Å². The zero-order valence-electron chi connectivity index (χ0n) is 28.0. The molecule has 0 saturated carbocycles. The van der Waals surface area contributed by atoms with Crippen LogP contribution >= 0.6 is 34.8 Å². The van der Waals surface area contributed by atoms with Crippen molar-refractivity contribution in [2.24, 2.45) is 0 Å². The zero-order valence-corrected chi connectivity index (χ0v) is 30.3. The van der Waals surface area contributed by atoms with Crippen LogP contribution in [0, 0.1) is 6.92 Å². The monoisotopic (exact) mass is 740 g/mol. The maximum absolute atomic E-state index is 13.9. The van der Waals surface area contributed by atoms with Gasteiger partial charge in [-0.1, -0.05) is 71.2 Å². The Morgan fingerprint density at radius 1 is 0.900 bits per heavy atom. The van der Waals surface area contributed by atoms with E-state index in [9.17, 15) is 14.7 Å². The third kappa shape index (κ3) is 9.14. The Hall–Kier alpha value is -4.15. The molecule has 50 heavy (non-hydrogen) atoms. The second kappa shape index (κ2) is 17.2. The lowest BCUT2D eigenvalue weighted by atomic mass is 9.99. The van der Waals surface area contributed by atoms with Crippen molar-refractivity contribution >= 4 is 46.6 Å². The van der Waals surface area contributed by atoms with Crippen molar-refractivity contribution in [3.8, 4) is 23.0 Å². The summed E-state index contributed by atoms with van der Waals surface area (Å²) in [4.78, 5) is 29.2. The van der Waals surface area contributed by atoms with Gasteiger partial charge >= 0.3 is 0 Å². The average molecular weight is 742 g/mol. The Kier molecular flexibility index (Phi) is 12.8. The van der Waals surface area contributed by atoms with Gasteiger partial charge in [-0.3, -0.25) is 9.59 Å². The van der Waals surface area contributed by atoms with E-state index >= 15 is 0 Å². The predicted molar refractivity (Wildman–Crippen MR) is 194 cm³/mol. The van der Waals surface area contributed by atoms with E-state index in [0.717, 1.165) is 16.7 Å². The van der Waals surface area contributed by atoms with Crippen molar-refractivity contribution in [3.05, 3.63) is 116 Å². The van der Waals surface area contributed by atoms with E-state index in [1.165, 1.54) is 20.3 Å². The standard InChI is InChI=1S/C38H39Cl3N2O7/c1-23-17-28(39)26(29(40)18-23)11-14-35(45)43(16-15-25-9-12-32-34(20-25)50-22-49-32)21-31(44)30(19-24-7-5-4-6-8-24)42-38(46)27-10-13-33(47-2)37(48-3)36(27)41/h4-10,12-13,17-18,20,30-31,44H,11,14-16,19,21-22H2,1-3H3,(H,42,46). The summed E-state index contributed by atoms with van der Waals surface area (Å²) in [6, 6.07) is 21.1. The number of benzene rings is 4. The van der Waals surface area contributed by atoms with Crippen molar-refractivity contribution in [1.29, 1.82) is 0 Å². The van der Waals surface area contributed by atoms with Crippen LogP contribution in [0.2, 0.25) is 15.1 Å². The smallest absolute Gasteiger partial charge is 0.253 e. The topological polar surface area (TPSA) is 107 Å². The van der Waals surface area contributed by atoms with Gasteiger partial charge in [-0.2, -0.15) is 0 Å². The molecule has 2 amide bonds. The van der Waals surface area contributed by atoms with Crippen LogP contribution in [0.3, 0.4) is 0 Å². The normalized spacial score (nSPS) is 13.0. The van der Waals surface area contributed by atoms with E-state index < -0.39 is 18.1 Å². The largest absolute Gasteiger partial charge is 0.493 e. The molecule has 0 bridgehead atoms. The SMILES string of the molecule is COc1ccc(C(=O)NC(Cc2ccccc2)C(O)CN(CCc2ccc3c(c2)OCO3)C(=O)CCc2c(Cl)cc(C)cc2Cl)c(Cl)c1OC. The number of rotatable bonds is 15. The number of methoxy groups -OCH3 is 2. The fourth-order valence-electron chi connectivity index (χ4n) is 5.85. The van der Waals surface area contributed by atoms with Gasteiger partial charge in [0.2, 0.25) is 12.7 Å². The van der Waals surface area contributed by atoms with Crippen LogP contribution in [-0.2, 0) is 24.1 Å². The third-order valence-corrected chi connectivity index (χ3v) is 9.60. The van der Waals surface area contributed by atoms with Crippen LogP contribution in [0.4, 0.5) is 0 Å². The van der Waals surface area contributed by atoms with Crippen molar-refractivity contribution in [1.82, 2.24) is 10.2 Å². The summed E-state index contributed by atoms with van der Waals surface area (Å²) in [5.74, 6) is 1.18. The molecule has 0 saturated heterocycles. The van der Waals surface area contributed by atoms with Crippen LogP contribution in [0.5, 0.6) is 23.0 Å². The van der Waals surface area contributed by atoms with Gasteiger partial charge in [0.25, 0.3) is 5.91 Å². The van der Waals surface area contributed by atoms with Gasteiger partial charge in [-0.05, 0) is 84.8 Å². The minimum atomic E-state index is -1.16. The number of ether oxygens (including phenoxy) is 4. The summed E-state index contributed by atoms with van der Waals surface area (Å²) in [6.07, 6.45) is 0.0310. The predicted octanol–water partition coefficient (Wildman–Crippen LogP) is 7.11. The van der Waals surface area contributed by atoms with E-state index in [4.69, 9.17) is 53.8 Å². The molecule has 5 rings (SSSR count). The summed E-state index contributed by atoms with van der Waals surface area (Å²) in [6.45, 7) is 2.28. The van der Waals surface area contributed by atoms with Crippen molar-refractivity contribution in [2.75, 3.05) is 34.1 Å². The summed E-state index contributed by atoms with van der Waals surface area (Å²) >= 11 is 19.6. The van der Waals surface area contributed by atoms with Crippen LogP contribution in [0.1, 0.15) is 39.0 Å². The highest BCUT2D eigenvalue weighted by Crippen LogP contribution is 2.37. The van der Waals surface area contributed by atoms with Gasteiger partial charge in [-0.25, -0.2) is 0 Å². The molecule has 1 aliphatic rings. The molecule has 1 aliphatic heterocycles. The summed E-state index contributed by atoms with van der Waals surface area (Å²) in [7, 11) is 2.91. The Balaban J connectivity index is 1.38. The molecule has 0 fully saturated rings. The lowest BCUT2D eigenvalue weighted by molar-refractivity contribution is -0.132. The number of fused-ring (bicyclic) bond motifs is 1. The average Bonchev–Trinajstić information content (AvgIpc) is 3.57. The molecule has 2 unspecified atom stereocenters. The Morgan fingerprint density at radius 2 is 1.62 bits per heavy atom. The first kappa shape index (κ1) is 37.1. The Labute approximate surface area is 306 Å². The fraction of sp³-hybridized carbons (Fsp3) is 0.316. The first-order chi connectivity index (χ1) is 24.1. The van der Waals surface area contributed by atoms with E-state index in [-0.39, 0.29) is 48.4 Å². The first-order valence-corrected chi connectivity index (χ1v) is 17.3. The number of aliphatic hydroxyl groups excluding tert-OH is 1. The zero-order chi connectivity index (χ0) is 35.8. The highest BCUT2D eigenvalue weighted by atomic mass is 35.5. The molecule has 0 spiro atoms. The number of aliphatic hydroxyl groups is 1. The lowest BCUT2D eigenvalue weighted by Gasteiger charge is -2.31. The second-order valence-corrected chi connectivity index (χ2v) is 13.2. The minimum Gasteiger partial charge on any atom is -0.493 e. The molecule has 264 valence electrons. The molecule has 2 N–H and O–H groups in total. The quantitative estimate of drug-likeness (QED) is 0.134. The molecule has 0 aromatic heterocycles. The molecule has 0 radical (unpaired) electrons. The number of carbonyl (C=O) groups excluding carboxylic acids is 2. The van der Waals surface area contributed by atoms with Crippen molar-refractivity contribution < 1.29 is 33.6 Å². The number of hydrogen-bond donors (Lipinski definition) is 2. The molecule has 2 atom stereocenters. The summed E-state index contributed by atoms with van der Waals surface area (Å²) in [5.41, 5.74) is 3.58. The summed E-state index contributed by atoms with van der Waals surface area (Å²) < 4.78 is 21.7. The maximum atomic E-state index is 13.9. The van der Waals surface area contributed by atoms with Crippen molar-refractivity contribution in [2.45, 2.75) is 44.8 Å². The molecule has 4 aromatic rings. The number of halogens is 3. The van der Waals surface area contributed by atoms with E-state index in [2.05, 4.69) is 5.32 Å². The van der Waals surface area contributed by atoms with Crippen LogP contribution < -0.4 is 24.3 Å². The van der Waals surface area contributed by atoms with E-state index in [1.54, 1.807) is 11.0 Å². The van der Waals surface area contributed by atoms with Gasteiger partial charge in [0.15, 0.2) is 23.0 Å². The Morgan fingerprint density at radius 3 is 2.32 bits per heavy atom. The molecular formula is C38H39Cl3N2O7. The number of amides is 2. The highest BCUT2D eigenvalue weighted by Gasteiger charge is 2.28. The number of carbonyl (C=O) groups is 2. The number of hydrogen-bond acceptors (Lipinski definition) is 7. The molecule has 12 heteroatoms. The van der Waals surface area contributed by atoms with Gasteiger partial charge in [0.05, 0.1) is 37.0 Å². The summed E-state index contributed by atoms with van der Waals surface area (Å²) in [5, 5.41) is 15.8. The van der Waals surface area contributed by atoms with Crippen LogP contribution in [0.25, 0.3) is 0 Å². The van der Waals surface area contributed by atoms with Gasteiger partial charge in [0.1, 0.15) is 0 Å². The molecule has 1 heterocycles. The van der Waals surface area contributed by atoms with Gasteiger partial charge in [-0.15, -0.1) is 0 Å². The highest BCUT2D eigenvalue weighted by molar-refractivity contribution is 6.36. The minimum absolute atomic E-state index is 0.0593. The van der Waals surface area contributed by atoms with E-state index in [1.807, 2.05) is 67.6 Å². The third-order valence-electron chi connectivity index (χ3n) is 8.55.